The van der Waals surface area contributed by atoms with E-state index in [1.165, 1.54) is 36.2 Å². The fourth-order valence-electron chi connectivity index (χ4n) is 0.831. The van der Waals surface area contributed by atoms with Crippen molar-refractivity contribution < 1.29 is 28.2 Å². The molecule has 3 heteroatoms. The van der Waals surface area contributed by atoms with Crippen molar-refractivity contribution in [1.82, 2.24) is 0 Å². The van der Waals surface area contributed by atoms with Crippen LogP contribution >= 0.6 is 0 Å². The first kappa shape index (κ1) is 13.3. The molecule has 0 amide bonds. The van der Waals surface area contributed by atoms with E-state index >= 15 is 0 Å². The van der Waals surface area contributed by atoms with Gasteiger partial charge in [0.15, 0.2) is 0 Å². The van der Waals surface area contributed by atoms with Crippen molar-refractivity contribution in [2.24, 2.45) is 0 Å². The summed E-state index contributed by atoms with van der Waals surface area (Å²) in [6, 6.07) is 8.30. The third-order valence-corrected chi connectivity index (χ3v) is 2.67. The van der Waals surface area contributed by atoms with Gasteiger partial charge >= 0.3 is 49.1 Å². The summed E-state index contributed by atoms with van der Waals surface area (Å²) in [4.78, 5) is 10.2. The molecule has 0 fully saturated rings. The average molecular weight is 245 g/mol. The molecule has 1 aromatic carbocycles. The Morgan fingerprint density at radius 1 is 1.36 bits per heavy atom. The minimum absolute atomic E-state index is 0.331. The van der Waals surface area contributed by atoms with Gasteiger partial charge in [-0.3, -0.25) is 0 Å². The molecule has 14 heavy (non-hydrogen) atoms. The second-order valence-electron chi connectivity index (χ2n) is 2.88. The molecule has 1 rings (SSSR count). The van der Waals surface area contributed by atoms with E-state index in [1.807, 2.05) is 0 Å². The van der Waals surface area contributed by atoms with Gasteiger partial charge in [-0.1, -0.05) is 18.2 Å². The zero-order valence-electron chi connectivity index (χ0n) is 8.57. The number of carbonyl (C=O) groups is 1. The maximum absolute atomic E-state index is 10.2. The molecule has 0 aliphatic carbocycles. The summed E-state index contributed by atoms with van der Waals surface area (Å²) in [7, 11) is 0. The van der Waals surface area contributed by atoms with E-state index in [1.54, 1.807) is 30.3 Å². The Kier molecular flexibility index (Phi) is 8.46. The van der Waals surface area contributed by atoms with Gasteiger partial charge in [0, 0.05) is 0 Å². The van der Waals surface area contributed by atoms with Crippen LogP contribution in [0.3, 0.4) is 0 Å². The first-order valence-electron chi connectivity index (χ1n) is 4.80. The van der Waals surface area contributed by atoms with Gasteiger partial charge in [0.2, 0.25) is 0 Å². The number of carboxylic acids is 1. The topological polar surface area (TPSA) is 37.3 Å². The quantitative estimate of drug-likeness (QED) is 0.830. The fourth-order valence-corrected chi connectivity index (χ4v) is 1.88. The van der Waals surface area contributed by atoms with Crippen molar-refractivity contribution in [2.45, 2.75) is 24.8 Å². The molecule has 0 bridgehead atoms. The Morgan fingerprint density at radius 2 is 1.93 bits per heavy atom. The van der Waals surface area contributed by atoms with Crippen LogP contribution in [0.2, 0.25) is 5.02 Å². The third-order valence-electron chi connectivity index (χ3n) is 1.62. The van der Waals surface area contributed by atoms with Crippen molar-refractivity contribution >= 4 is 5.97 Å². The van der Waals surface area contributed by atoms with E-state index in [0.717, 1.165) is 0 Å². The molecule has 0 unspecified atom stereocenters. The van der Waals surface area contributed by atoms with Gasteiger partial charge in [-0.05, 0) is 12.1 Å². The van der Waals surface area contributed by atoms with E-state index in [4.69, 9.17) is 5.11 Å². The zero-order chi connectivity index (χ0) is 10.8. The van der Waals surface area contributed by atoms with Crippen LogP contribution in [0, 0.1) is 0 Å². The molecule has 0 saturated heterocycles. The van der Waals surface area contributed by atoms with E-state index in [0.29, 0.717) is 5.56 Å². The summed E-state index contributed by atoms with van der Waals surface area (Å²) in [6.45, 7) is 2.23. The molecule has 0 aromatic heterocycles. The van der Waals surface area contributed by atoms with Crippen LogP contribution in [0.5, 0.6) is 0 Å². The number of hydrogen-bond donors (Lipinski definition) is 1. The van der Waals surface area contributed by atoms with Crippen molar-refractivity contribution in [1.29, 1.82) is 0 Å². The molecule has 0 heterocycles. The summed E-state index contributed by atoms with van der Waals surface area (Å²) in [5.41, 5.74) is 0.331. The minimum atomic E-state index is -0.879. The van der Waals surface area contributed by atoms with E-state index in [-0.39, 0.29) is 0 Å². The first-order chi connectivity index (χ1) is 6.72. The first-order valence-corrected chi connectivity index (χ1v) is 6.89. The van der Waals surface area contributed by atoms with Gasteiger partial charge in [-0.25, -0.2) is 4.79 Å². The van der Waals surface area contributed by atoms with Crippen LogP contribution in [-0.2, 0) is 18.3 Å². The van der Waals surface area contributed by atoms with Crippen LogP contribution in [0.15, 0.2) is 30.3 Å². The molecule has 73 valence electrons. The molecule has 1 N–H and O–H groups in total. The number of rotatable bonds is 3. The molecule has 0 spiro atoms. The van der Waals surface area contributed by atoms with E-state index in [9.17, 15) is 4.79 Å². The fraction of sp³-hybridized carbons (Fsp3) is 0.364. The van der Waals surface area contributed by atoms with Gasteiger partial charge in [0.1, 0.15) is 0 Å². The SMILES string of the molecule is CCC[CH2][Zn].O=C(O)c1ccccc1. The summed E-state index contributed by atoms with van der Waals surface area (Å²) in [6.07, 6.45) is 2.82. The van der Waals surface area contributed by atoms with Crippen LogP contribution in [0.4, 0.5) is 0 Å². The second kappa shape index (κ2) is 8.89. The Morgan fingerprint density at radius 3 is 2.14 bits per heavy atom. The van der Waals surface area contributed by atoms with Gasteiger partial charge < -0.3 is 5.11 Å². The van der Waals surface area contributed by atoms with Crippen LogP contribution in [-0.4, -0.2) is 11.1 Å². The van der Waals surface area contributed by atoms with Crippen molar-refractivity contribution in [2.75, 3.05) is 0 Å². The third kappa shape index (κ3) is 6.79. The number of unbranched alkanes of at least 4 members (excludes halogenated alkanes) is 1. The Bertz CT molecular complexity index is 245. The maximum atomic E-state index is 10.2. The van der Waals surface area contributed by atoms with E-state index < -0.39 is 5.97 Å². The van der Waals surface area contributed by atoms with Crippen LogP contribution in [0.1, 0.15) is 30.1 Å². The second-order valence-corrected chi connectivity index (χ2v) is 4.36. The van der Waals surface area contributed by atoms with Crippen LogP contribution in [0.25, 0.3) is 0 Å². The smallest absolute Gasteiger partial charge is 0.335 e. The molecule has 0 atom stereocenters. The monoisotopic (exact) mass is 243 g/mol. The Balaban J connectivity index is 0.000000292. The van der Waals surface area contributed by atoms with Crippen molar-refractivity contribution in [3.63, 3.8) is 0 Å². The molecular weight excluding hydrogens is 230 g/mol. The predicted octanol–water partition coefficient (Wildman–Crippen LogP) is 3.14. The predicted molar refractivity (Wildman–Crippen MR) is 53.1 cm³/mol. The summed E-state index contributed by atoms with van der Waals surface area (Å²) < 4.78 is 0. The molecule has 0 saturated carbocycles. The molecule has 0 aliphatic rings. The Labute approximate surface area is 95.0 Å². The maximum Gasteiger partial charge on any atom is 0.335 e. The average Bonchev–Trinajstić information content (AvgIpc) is 2.21. The molecule has 0 aliphatic heterocycles. The molecule has 1 aromatic rings. The summed E-state index contributed by atoms with van der Waals surface area (Å²) in [5.74, 6) is -0.879. The largest absolute Gasteiger partial charge is 0.478 e. The number of hydrogen-bond acceptors (Lipinski definition) is 1. The summed E-state index contributed by atoms with van der Waals surface area (Å²) >= 11 is 1.48. The standard InChI is InChI=1S/C7H6O2.C4H9.Zn/c8-7(9)6-4-2-1-3-5-6;1-3-4-2;/h1-5H,(H,8,9);1,3-4H2,2H3;. The number of aromatic carboxylic acids is 1. The van der Waals surface area contributed by atoms with Crippen molar-refractivity contribution in [3.8, 4) is 0 Å². The van der Waals surface area contributed by atoms with Gasteiger partial charge in [0.25, 0.3) is 0 Å². The normalized spacial score (nSPS) is 8.79. The minimum Gasteiger partial charge on any atom is -0.478 e. The van der Waals surface area contributed by atoms with Gasteiger partial charge in [-0.15, -0.1) is 0 Å². The summed E-state index contributed by atoms with van der Waals surface area (Å²) in [5, 5.41) is 9.85. The van der Waals surface area contributed by atoms with Gasteiger partial charge in [0.05, 0.1) is 5.56 Å². The number of benzene rings is 1. The zero-order valence-corrected chi connectivity index (χ0v) is 11.5. The molecule has 0 radical (unpaired) electrons. The molecule has 2 nitrogen and oxygen atoms in total. The van der Waals surface area contributed by atoms with Gasteiger partial charge in [-0.2, -0.15) is 0 Å². The van der Waals surface area contributed by atoms with Crippen molar-refractivity contribution in [3.05, 3.63) is 35.9 Å². The molecular formula is C11H15O2Zn. The van der Waals surface area contributed by atoms with E-state index in [2.05, 4.69) is 6.92 Å². The van der Waals surface area contributed by atoms with Crippen LogP contribution < -0.4 is 0 Å². The number of carboxylic acid groups (broad SMARTS) is 1. The Hall–Kier alpha value is -0.687.